The van der Waals surface area contributed by atoms with Crippen LogP contribution in [0, 0.1) is 11.8 Å². The number of methoxy groups -OCH3 is 1. The number of nitrogens with zero attached hydrogens (tertiary/aromatic N) is 1. The van der Waals surface area contributed by atoms with Gasteiger partial charge in [0, 0.05) is 29.7 Å². The van der Waals surface area contributed by atoms with E-state index >= 15 is 0 Å². The van der Waals surface area contributed by atoms with Gasteiger partial charge in [-0.05, 0) is 37.3 Å². The van der Waals surface area contributed by atoms with Crippen LogP contribution in [-0.4, -0.2) is 47.8 Å². The molecule has 0 aliphatic carbocycles. The van der Waals surface area contributed by atoms with E-state index in [9.17, 15) is 9.90 Å². The molecule has 3 atom stereocenters. The van der Waals surface area contributed by atoms with E-state index in [0.717, 1.165) is 25.9 Å². The highest BCUT2D eigenvalue weighted by molar-refractivity contribution is 5.85. The number of hydrogen-bond acceptors (Lipinski definition) is 4. The minimum Gasteiger partial charge on any atom is -0.469 e. The van der Waals surface area contributed by atoms with Crippen LogP contribution in [0.15, 0.2) is 35.9 Å². The van der Waals surface area contributed by atoms with Gasteiger partial charge in [-0.2, -0.15) is 0 Å². The van der Waals surface area contributed by atoms with Crippen molar-refractivity contribution >= 4 is 16.9 Å². The predicted octanol–water partition coefficient (Wildman–Crippen LogP) is 2.81. The van der Waals surface area contributed by atoms with Crippen LogP contribution in [0.2, 0.25) is 0 Å². The summed E-state index contributed by atoms with van der Waals surface area (Å²) in [6.07, 6.45) is 3.96. The van der Waals surface area contributed by atoms with Crippen molar-refractivity contribution in [2.45, 2.75) is 25.8 Å². The molecule has 1 aromatic carbocycles. The number of ether oxygens (including phenoxy) is 1. The second-order valence-electron chi connectivity index (χ2n) is 7.32. The Balaban J connectivity index is 1.73. The van der Waals surface area contributed by atoms with E-state index in [1.807, 2.05) is 6.92 Å². The van der Waals surface area contributed by atoms with Crippen LogP contribution >= 0.6 is 0 Å². The molecule has 138 valence electrons. The number of carbonyl (C=O) groups excluding carboxylic acids is 1. The van der Waals surface area contributed by atoms with Crippen molar-refractivity contribution in [3.05, 3.63) is 47.2 Å². The maximum absolute atomic E-state index is 12.2. The average Bonchev–Trinajstić information content (AvgIpc) is 3.07. The Morgan fingerprint density at radius 1 is 1.46 bits per heavy atom. The molecule has 0 saturated carbocycles. The van der Waals surface area contributed by atoms with Crippen molar-refractivity contribution < 1.29 is 14.6 Å². The molecule has 2 aliphatic heterocycles. The second-order valence-corrected chi connectivity index (χ2v) is 7.32. The number of aliphatic hydroxyl groups is 1. The van der Waals surface area contributed by atoms with Crippen molar-refractivity contribution in [1.82, 2.24) is 9.88 Å². The Labute approximate surface area is 153 Å². The molecule has 0 unspecified atom stereocenters. The van der Waals surface area contributed by atoms with Crippen molar-refractivity contribution in [1.29, 1.82) is 0 Å². The van der Waals surface area contributed by atoms with E-state index in [0.29, 0.717) is 0 Å². The molecule has 1 aromatic heterocycles. The number of aromatic nitrogens is 1. The van der Waals surface area contributed by atoms with Crippen LogP contribution in [0.4, 0.5) is 0 Å². The zero-order valence-corrected chi connectivity index (χ0v) is 15.4. The Hall–Kier alpha value is -2.11. The Morgan fingerprint density at radius 3 is 3.00 bits per heavy atom. The van der Waals surface area contributed by atoms with Crippen LogP contribution in [0.1, 0.15) is 30.6 Å². The summed E-state index contributed by atoms with van der Waals surface area (Å²) in [5, 5.41) is 11.2. The number of benzene rings is 1. The van der Waals surface area contributed by atoms with E-state index in [-0.39, 0.29) is 24.5 Å². The van der Waals surface area contributed by atoms with E-state index in [2.05, 4.69) is 40.2 Å². The first-order chi connectivity index (χ1) is 12.7. The summed E-state index contributed by atoms with van der Waals surface area (Å²) >= 11 is 0. The van der Waals surface area contributed by atoms with Gasteiger partial charge in [-0.25, -0.2) is 0 Å². The number of carbonyl (C=O) groups is 1. The number of allylic oxidation sites excluding steroid dienone is 1. The summed E-state index contributed by atoms with van der Waals surface area (Å²) in [5.41, 5.74) is 5.09. The van der Waals surface area contributed by atoms with Gasteiger partial charge in [0.15, 0.2) is 0 Å². The minimum atomic E-state index is -0.497. The average molecular weight is 354 g/mol. The van der Waals surface area contributed by atoms with Gasteiger partial charge in [-0.3, -0.25) is 9.69 Å². The van der Waals surface area contributed by atoms with Gasteiger partial charge in [0.1, 0.15) is 0 Å². The molecule has 4 rings (SSSR count). The van der Waals surface area contributed by atoms with Crippen molar-refractivity contribution in [2.24, 2.45) is 11.8 Å². The van der Waals surface area contributed by atoms with Gasteiger partial charge in [0.05, 0.1) is 25.7 Å². The number of H-pyrrole nitrogens is 1. The molecule has 2 N–H and O–H groups in total. The van der Waals surface area contributed by atoms with Gasteiger partial charge >= 0.3 is 5.97 Å². The van der Waals surface area contributed by atoms with Crippen molar-refractivity contribution in [2.75, 3.05) is 26.8 Å². The van der Waals surface area contributed by atoms with E-state index in [1.54, 1.807) is 0 Å². The first-order valence-corrected chi connectivity index (χ1v) is 9.35. The first-order valence-electron chi connectivity index (χ1n) is 9.35. The minimum absolute atomic E-state index is 0.0102. The predicted molar refractivity (Wildman–Crippen MR) is 101 cm³/mol. The largest absolute Gasteiger partial charge is 0.469 e. The van der Waals surface area contributed by atoms with Gasteiger partial charge in [0.25, 0.3) is 0 Å². The number of piperidine rings is 1. The van der Waals surface area contributed by atoms with Crippen LogP contribution in [-0.2, 0) is 16.0 Å². The van der Waals surface area contributed by atoms with E-state index < -0.39 is 5.92 Å². The number of para-hydroxylation sites is 1. The first kappa shape index (κ1) is 17.3. The number of hydrogen-bond donors (Lipinski definition) is 2. The Kier molecular flexibility index (Phi) is 4.59. The summed E-state index contributed by atoms with van der Waals surface area (Å²) in [6, 6.07) is 8.70. The Morgan fingerprint density at radius 2 is 2.27 bits per heavy atom. The quantitative estimate of drug-likeness (QED) is 0.657. The molecule has 0 spiro atoms. The zero-order chi connectivity index (χ0) is 18.3. The molecular weight excluding hydrogens is 328 g/mol. The molecule has 5 nitrogen and oxygen atoms in total. The number of aliphatic hydroxyl groups excluding tert-OH is 1. The maximum atomic E-state index is 12.2. The van der Waals surface area contributed by atoms with Crippen molar-refractivity contribution in [3.63, 3.8) is 0 Å². The van der Waals surface area contributed by atoms with Gasteiger partial charge in [-0.15, -0.1) is 0 Å². The lowest BCUT2D eigenvalue weighted by molar-refractivity contribution is -0.149. The summed E-state index contributed by atoms with van der Waals surface area (Å²) in [7, 11) is 1.39. The third-order valence-electron chi connectivity index (χ3n) is 6.17. The highest BCUT2D eigenvalue weighted by Gasteiger charge is 2.42. The molecule has 5 heteroatoms. The fourth-order valence-electron chi connectivity index (χ4n) is 4.81. The molecule has 1 fully saturated rings. The molecule has 26 heavy (non-hydrogen) atoms. The van der Waals surface area contributed by atoms with Crippen LogP contribution in [0.3, 0.4) is 0 Å². The summed E-state index contributed by atoms with van der Waals surface area (Å²) in [4.78, 5) is 18.3. The monoisotopic (exact) mass is 354 g/mol. The second kappa shape index (κ2) is 6.89. The van der Waals surface area contributed by atoms with Gasteiger partial charge < -0.3 is 14.8 Å². The van der Waals surface area contributed by atoms with Gasteiger partial charge in [0.2, 0.25) is 0 Å². The lowest BCUT2D eigenvalue weighted by Crippen LogP contribution is -2.45. The SMILES string of the molecule is CC=C1CN2CCc3c([nH]c4ccccc34)[C@@H]2C[C@@H]1[C@@H](CO)C(=O)OC. The molecule has 0 radical (unpaired) electrons. The number of nitrogens with one attached hydrogen (secondary N) is 1. The van der Waals surface area contributed by atoms with Crippen molar-refractivity contribution in [3.8, 4) is 0 Å². The Bertz CT molecular complexity index is 854. The standard InChI is InChI=1S/C21H26N2O3/c1-3-13-11-23-9-8-15-14-6-4-5-7-18(14)22-20(15)19(23)10-16(13)17(12-24)21(25)26-2/h3-7,16-17,19,22,24H,8-12H2,1-2H3/t16-,17+,19-/m0/s1. The number of aromatic amines is 1. The summed E-state index contributed by atoms with van der Waals surface area (Å²) in [6.45, 7) is 3.70. The zero-order valence-electron chi connectivity index (χ0n) is 15.4. The topological polar surface area (TPSA) is 65.6 Å². The maximum Gasteiger partial charge on any atom is 0.311 e. The third-order valence-corrected chi connectivity index (χ3v) is 6.17. The fourth-order valence-corrected chi connectivity index (χ4v) is 4.81. The summed E-state index contributed by atoms with van der Waals surface area (Å²) < 4.78 is 4.96. The molecule has 3 heterocycles. The molecule has 0 bridgehead atoms. The fraction of sp³-hybridized carbons (Fsp3) is 0.476. The molecular formula is C21H26N2O3. The van der Waals surface area contributed by atoms with E-state index in [1.165, 1.54) is 34.8 Å². The molecule has 2 aromatic rings. The lowest BCUT2D eigenvalue weighted by Gasteiger charge is -2.45. The lowest BCUT2D eigenvalue weighted by atomic mass is 9.75. The highest BCUT2D eigenvalue weighted by atomic mass is 16.5. The van der Waals surface area contributed by atoms with Gasteiger partial charge in [-0.1, -0.05) is 29.8 Å². The molecule has 2 aliphatic rings. The molecule has 0 amide bonds. The van der Waals surface area contributed by atoms with Crippen LogP contribution < -0.4 is 0 Å². The number of esters is 1. The molecule has 1 saturated heterocycles. The summed E-state index contributed by atoms with van der Waals surface area (Å²) in [5.74, 6) is -0.808. The normalized spacial score (nSPS) is 25.7. The third kappa shape index (κ3) is 2.66. The number of fused-ring (bicyclic) bond motifs is 5. The van der Waals surface area contributed by atoms with Crippen LogP contribution in [0.5, 0.6) is 0 Å². The van der Waals surface area contributed by atoms with Crippen LogP contribution in [0.25, 0.3) is 10.9 Å². The number of rotatable bonds is 3. The smallest absolute Gasteiger partial charge is 0.311 e. The van der Waals surface area contributed by atoms with E-state index in [4.69, 9.17) is 4.74 Å². The highest BCUT2D eigenvalue weighted by Crippen LogP contribution is 2.44.